The van der Waals surface area contributed by atoms with Crippen molar-refractivity contribution in [2.24, 2.45) is 7.05 Å². The maximum absolute atomic E-state index is 11.6. The fraction of sp³-hybridized carbons (Fsp3) is 0.556. The lowest BCUT2D eigenvalue weighted by Crippen LogP contribution is -2.27. The van der Waals surface area contributed by atoms with Crippen LogP contribution in [0.2, 0.25) is 5.02 Å². The van der Waals surface area contributed by atoms with Crippen molar-refractivity contribution < 1.29 is 0 Å². The van der Waals surface area contributed by atoms with Crippen molar-refractivity contribution in [1.29, 1.82) is 0 Å². The molecule has 0 amide bonds. The lowest BCUT2D eigenvalue weighted by atomic mass is 10.4. The van der Waals surface area contributed by atoms with Gasteiger partial charge in [0.2, 0.25) is 0 Å². The highest BCUT2D eigenvalue weighted by Gasteiger charge is 2.06. The van der Waals surface area contributed by atoms with Gasteiger partial charge in [0, 0.05) is 20.1 Å². The van der Waals surface area contributed by atoms with Gasteiger partial charge in [-0.05, 0) is 14.1 Å². The van der Waals surface area contributed by atoms with Gasteiger partial charge in [0.05, 0.1) is 11.2 Å². The minimum absolute atomic E-state index is 0.207. The molecule has 5 nitrogen and oxygen atoms in total. The topological polar surface area (TPSA) is 50.2 Å². The van der Waals surface area contributed by atoms with E-state index in [1.807, 2.05) is 19.0 Å². The summed E-state index contributed by atoms with van der Waals surface area (Å²) < 4.78 is 1.25. The van der Waals surface area contributed by atoms with Crippen molar-refractivity contribution in [1.82, 2.24) is 14.7 Å². The highest BCUT2D eigenvalue weighted by Crippen LogP contribution is 2.13. The van der Waals surface area contributed by atoms with E-state index in [4.69, 9.17) is 11.6 Å². The Bertz CT molecular complexity index is 388. The van der Waals surface area contributed by atoms with E-state index in [0.29, 0.717) is 17.3 Å². The molecule has 0 aliphatic heterocycles. The summed E-state index contributed by atoms with van der Waals surface area (Å²) in [6, 6.07) is 0. The largest absolute Gasteiger partial charge is 0.378 e. The Balaban J connectivity index is 2.76. The SMILES string of the molecule is CN(C)CCNc1c(Cl)cnn(C)c1=O. The van der Waals surface area contributed by atoms with Crippen LogP contribution in [0.1, 0.15) is 0 Å². The van der Waals surface area contributed by atoms with Gasteiger partial charge in [0.15, 0.2) is 0 Å². The first-order valence-electron chi connectivity index (χ1n) is 4.63. The van der Waals surface area contributed by atoms with Gasteiger partial charge in [0.25, 0.3) is 5.56 Å². The highest BCUT2D eigenvalue weighted by atomic mass is 35.5. The first-order chi connectivity index (χ1) is 7.02. The zero-order valence-corrected chi connectivity index (χ0v) is 9.88. The van der Waals surface area contributed by atoms with Crippen molar-refractivity contribution >= 4 is 17.3 Å². The average molecular weight is 231 g/mol. The molecule has 1 rings (SSSR count). The lowest BCUT2D eigenvalue weighted by molar-refractivity contribution is 0.425. The predicted octanol–water partition coefficient (Wildman–Crippen LogP) is 0.407. The second kappa shape index (κ2) is 5.14. The predicted molar refractivity (Wildman–Crippen MR) is 61.5 cm³/mol. The number of anilines is 1. The van der Waals surface area contributed by atoms with Crippen LogP contribution in [0.5, 0.6) is 0 Å². The number of aryl methyl sites for hydroxylation is 1. The van der Waals surface area contributed by atoms with Crippen LogP contribution in [0, 0.1) is 0 Å². The summed E-state index contributed by atoms with van der Waals surface area (Å²) in [4.78, 5) is 13.6. The number of hydrogen-bond donors (Lipinski definition) is 1. The van der Waals surface area contributed by atoms with Crippen LogP contribution in [0.4, 0.5) is 5.69 Å². The Labute approximate surface area is 93.6 Å². The van der Waals surface area contributed by atoms with Gasteiger partial charge in [0.1, 0.15) is 5.69 Å². The van der Waals surface area contributed by atoms with Gasteiger partial charge in [-0.15, -0.1) is 0 Å². The van der Waals surface area contributed by atoms with Crippen molar-refractivity contribution in [3.05, 3.63) is 21.6 Å². The van der Waals surface area contributed by atoms with Crippen LogP contribution >= 0.6 is 11.6 Å². The third-order valence-electron chi connectivity index (χ3n) is 1.95. The van der Waals surface area contributed by atoms with Crippen LogP contribution in [0.15, 0.2) is 11.0 Å². The molecule has 0 saturated heterocycles. The first-order valence-corrected chi connectivity index (χ1v) is 5.00. The van der Waals surface area contributed by atoms with Crippen LogP contribution in [0.25, 0.3) is 0 Å². The third kappa shape index (κ3) is 3.21. The fourth-order valence-electron chi connectivity index (χ4n) is 1.08. The number of nitrogens with one attached hydrogen (secondary N) is 1. The quantitative estimate of drug-likeness (QED) is 0.814. The van der Waals surface area contributed by atoms with Gasteiger partial charge in [-0.2, -0.15) is 5.10 Å². The Hall–Kier alpha value is -1.07. The molecule has 1 aromatic heterocycles. The summed E-state index contributed by atoms with van der Waals surface area (Å²) in [6.45, 7) is 1.51. The highest BCUT2D eigenvalue weighted by molar-refractivity contribution is 6.32. The molecule has 0 saturated carbocycles. The van der Waals surface area contributed by atoms with Gasteiger partial charge < -0.3 is 10.2 Å². The molecule has 0 aliphatic rings. The molecule has 0 radical (unpaired) electrons. The maximum Gasteiger partial charge on any atom is 0.291 e. The molecule has 0 spiro atoms. The van der Waals surface area contributed by atoms with E-state index >= 15 is 0 Å². The summed E-state index contributed by atoms with van der Waals surface area (Å²) >= 11 is 5.86. The molecule has 0 unspecified atom stereocenters. The van der Waals surface area contributed by atoms with Crippen LogP contribution < -0.4 is 10.9 Å². The molecule has 15 heavy (non-hydrogen) atoms. The molecule has 6 heteroatoms. The molecule has 0 atom stereocenters. The van der Waals surface area contributed by atoms with Crippen LogP contribution in [-0.2, 0) is 7.05 Å². The summed E-state index contributed by atoms with van der Waals surface area (Å²) in [6.07, 6.45) is 1.46. The summed E-state index contributed by atoms with van der Waals surface area (Å²) in [7, 11) is 5.53. The molecular weight excluding hydrogens is 216 g/mol. The van der Waals surface area contributed by atoms with Crippen molar-refractivity contribution in [2.75, 3.05) is 32.5 Å². The molecule has 1 heterocycles. The van der Waals surface area contributed by atoms with E-state index in [1.165, 1.54) is 10.9 Å². The molecular formula is C9H15ClN4O. The van der Waals surface area contributed by atoms with E-state index in [2.05, 4.69) is 10.4 Å². The number of rotatable bonds is 4. The van der Waals surface area contributed by atoms with E-state index in [1.54, 1.807) is 7.05 Å². The number of nitrogens with zero attached hydrogens (tertiary/aromatic N) is 3. The van der Waals surface area contributed by atoms with Crippen molar-refractivity contribution in [2.45, 2.75) is 0 Å². The number of aromatic nitrogens is 2. The van der Waals surface area contributed by atoms with Gasteiger partial charge in [-0.1, -0.05) is 11.6 Å². The van der Waals surface area contributed by atoms with E-state index in [0.717, 1.165) is 6.54 Å². The summed E-state index contributed by atoms with van der Waals surface area (Å²) in [5, 5.41) is 7.17. The normalized spacial score (nSPS) is 10.7. The first kappa shape index (κ1) is 12.0. The molecule has 1 aromatic rings. The Kier molecular flexibility index (Phi) is 4.11. The second-order valence-corrected chi connectivity index (χ2v) is 3.93. The van der Waals surface area contributed by atoms with Gasteiger partial charge in [-0.3, -0.25) is 4.79 Å². The molecule has 0 fully saturated rings. The molecule has 0 aliphatic carbocycles. The second-order valence-electron chi connectivity index (χ2n) is 3.53. The Morgan fingerprint density at radius 2 is 2.27 bits per heavy atom. The Morgan fingerprint density at radius 1 is 1.60 bits per heavy atom. The van der Waals surface area contributed by atoms with Crippen LogP contribution in [-0.4, -0.2) is 41.9 Å². The van der Waals surface area contributed by atoms with Crippen molar-refractivity contribution in [3.8, 4) is 0 Å². The molecule has 0 aromatic carbocycles. The van der Waals surface area contributed by atoms with E-state index < -0.39 is 0 Å². The standard InChI is InChI=1S/C9H15ClN4O/c1-13(2)5-4-11-8-7(10)6-12-14(3)9(8)15/h6,11H,4-5H2,1-3H3. The van der Waals surface area contributed by atoms with Crippen molar-refractivity contribution in [3.63, 3.8) is 0 Å². The van der Waals surface area contributed by atoms with Crippen LogP contribution in [0.3, 0.4) is 0 Å². The summed E-state index contributed by atoms with van der Waals surface area (Å²) in [5.41, 5.74) is 0.206. The number of halogens is 1. The minimum Gasteiger partial charge on any atom is -0.378 e. The monoisotopic (exact) mass is 230 g/mol. The van der Waals surface area contributed by atoms with E-state index in [9.17, 15) is 4.79 Å². The Morgan fingerprint density at radius 3 is 2.87 bits per heavy atom. The average Bonchev–Trinajstić information content (AvgIpc) is 2.17. The third-order valence-corrected chi connectivity index (χ3v) is 2.24. The lowest BCUT2D eigenvalue weighted by Gasteiger charge is -2.12. The smallest absolute Gasteiger partial charge is 0.291 e. The van der Waals surface area contributed by atoms with Gasteiger partial charge in [-0.25, -0.2) is 4.68 Å². The zero-order valence-electron chi connectivity index (χ0n) is 9.12. The molecule has 0 bridgehead atoms. The van der Waals surface area contributed by atoms with E-state index in [-0.39, 0.29) is 5.56 Å². The fourth-order valence-corrected chi connectivity index (χ4v) is 1.27. The van der Waals surface area contributed by atoms with Gasteiger partial charge >= 0.3 is 0 Å². The number of hydrogen-bond acceptors (Lipinski definition) is 4. The molecule has 84 valence electrons. The maximum atomic E-state index is 11.6. The molecule has 1 N–H and O–H groups in total. The number of likely N-dealkylation sites (N-methyl/N-ethyl adjacent to an activating group) is 1. The zero-order chi connectivity index (χ0) is 11.4. The summed E-state index contributed by atoms with van der Waals surface area (Å²) in [5.74, 6) is 0. The minimum atomic E-state index is -0.207.